The smallest absolute Gasteiger partial charge is 0.270 e. The van der Waals surface area contributed by atoms with Gasteiger partial charge >= 0.3 is 0 Å². The van der Waals surface area contributed by atoms with Crippen molar-refractivity contribution < 1.29 is 4.79 Å². The number of aryl methyl sites for hydroxylation is 1. The summed E-state index contributed by atoms with van der Waals surface area (Å²) < 4.78 is 1.72. The third-order valence-corrected chi connectivity index (χ3v) is 5.01. The molecule has 1 aliphatic rings. The molecule has 5 heteroatoms. The molecule has 1 aromatic carbocycles. The molecule has 0 saturated heterocycles. The molecule has 0 unspecified atom stereocenters. The fourth-order valence-electron chi connectivity index (χ4n) is 3.57. The van der Waals surface area contributed by atoms with E-state index in [0.717, 1.165) is 17.9 Å². The highest BCUT2D eigenvalue weighted by Gasteiger charge is 2.19. The molecule has 5 nitrogen and oxygen atoms in total. The largest absolute Gasteiger partial charge is 0.349 e. The fraction of sp³-hybridized carbons (Fsp3) is 0.500. The van der Waals surface area contributed by atoms with Crippen LogP contribution in [0.25, 0.3) is 5.69 Å². The Labute approximate surface area is 150 Å². The fourth-order valence-corrected chi connectivity index (χ4v) is 3.57. The van der Waals surface area contributed by atoms with E-state index in [-0.39, 0.29) is 5.91 Å². The minimum Gasteiger partial charge on any atom is -0.349 e. The quantitative estimate of drug-likeness (QED) is 0.879. The number of likely N-dealkylation sites (N-methyl/N-ethyl adjacent to an activating group) is 1. The van der Waals surface area contributed by atoms with Gasteiger partial charge in [-0.3, -0.25) is 4.79 Å². The van der Waals surface area contributed by atoms with Crippen molar-refractivity contribution in [3.05, 3.63) is 47.8 Å². The van der Waals surface area contributed by atoms with Gasteiger partial charge in [0.2, 0.25) is 0 Å². The van der Waals surface area contributed by atoms with Crippen LogP contribution in [0.4, 0.5) is 0 Å². The van der Waals surface area contributed by atoms with Crippen molar-refractivity contribution in [2.24, 2.45) is 0 Å². The van der Waals surface area contributed by atoms with Crippen molar-refractivity contribution in [1.82, 2.24) is 20.0 Å². The highest BCUT2D eigenvalue weighted by molar-refractivity contribution is 5.93. The zero-order valence-electron chi connectivity index (χ0n) is 15.2. The van der Waals surface area contributed by atoms with Crippen LogP contribution in [0.2, 0.25) is 0 Å². The summed E-state index contributed by atoms with van der Waals surface area (Å²) >= 11 is 0. The Morgan fingerprint density at radius 2 is 1.96 bits per heavy atom. The summed E-state index contributed by atoms with van der Waals surface area (Å²) in [7, 11) is 2.17. The maximum absolute atomic E-state index is 12.6. The van der Waals surface area contributed by atoms with Crippen LogP contribution in [-0.4, -0.2) is 46.8 Å². The number of carbonyl (C=O) groups is 1. The summed E-state index contributed by atoms with van der Waals surface area (Å²) in [6.07, 6.45) is 6.59. The number of hydrogen-bond acceptors (Lipinski definition) is 3. The molecule has 1 aromatic heterocycles. The first-order valence-corrected chi connectivity index (χ1v) is 9.25. The van der Waals surface area contributed by atoms with Crippen molar-refractivity contribution in [2.45, 2.75) is 45.1 Å². The number of nitrogens with one attached hydrogen (secondary N) is 1. The molecule has 25 heavy (non-hydrogen) atoms. The third-order valence-electron chi connectivity index (χ3n) is 5.01. The van der Waals surface area contributed by atoms with E-state index in [1.807, 2.05) is 43.3 Å². The van der Waals surface area contributed by atoms with Crippen molar-refractivity contribution in [2.75, 3.05) is 20.1 Å². The molecular weight excluding hydrogens is 312 g/mol. The van der Waals surface area contributed by atoms with Crippen molar-refractivity contribution in [3.8, 4) is 5.69 Å². The third kappa shape index (κ3) is 4.48. The normalized spacial score (nSPS) is 15.5. The van der Waals surface area contributed by atoms with Crippen LogP contribution < -0.4 is 5.32 Å². The van der Waals surface area contributed by atoms with E-state index in [0.29, 0.717) is 18.3 Å². The molecule has 3 rings (SSSR count). The van der Waals surface area contributed by atoms with Crippen molar-refractivity contribution >= 4 is 5.91 Å². The van der Waals surface area contributed by atoms with Crippen molar-refractivity contribution in [3.63, 3.8) is 0 Å². The predicted molar refractivity (Wildman–Crippen MR) is 100 cm³/mol. The van der Waals surface area contributed by atoms with Crippen molar-refractivity contribution in [1.29, 1.82) is 0 Å². The van der Waals surface area contributed by atoms with Gasteiger partial charge in [0.05, 0.1) is 11.4 Å². The van der Waals surface area contributed by atoms with Gasteiger partial charge in [0.1, 0.15) is 5.69 Å². The lowest BCUT2D eigenvalue weighted by atomic mass is 9.94. The predicted octanol–water partition coefficient (Wildman–Crippen LogP) is 3.18. The van der Waals surface area contributed by atoms with Gasteiger partial charge in [0.25, 0.3) is 5.91 Å². The monoisotopic (exact) mass is 340 g/mol. The van der Waals surface area contributed by atoms with Gasteiger partial charge in [-0.1, -0.05) is 37.5 Å². The summed E-state index contributed by atoms with van der Waals surface area (Å²) in [6, 6.07) is 12.3. The number of nitrogens with zero attached hydrogens (tertiary/aromatic N) is 3. The van der Waals surface area contributed by atoms with E-state index in [2.05, 4.69) is 22.4 Å². The van der Waals surface area contributed by atoms with Crippen LogP contribution in [0.15, 0.2) is 36.4 Å². The Balaban J connectivity index is 1.58. The minimum absolute atomic E-state index is 0.0681. The molecule has 1 amide bonds. The molecular formula is C20H28N4O. The Morgan fingerprint density at radius 1 is 1.24 bits per heavy atom. The first-order valence-electron chi connectivity index (χ1n) is 9.25. The lowest BCUT2D eigenvalue weighted by Crippen LogP contribution is -2.39. The zero-order valence-corrected chi connectivity index (χ0v) is 15.2. The molecule has 1 N–H and O–H groups in total. The number of aromatic nitrogens is 2. The van der Waals surface area contributed by atoms with E-state index in [1.165, 1.54) is 32.1 Å². The first kappa shape index (κ1) is 17.7. The van der Waals surface area contributed by atoms with Gasteiger partial charge in [-0.25, -0.2) is 4.68 Å². The van der Waals surface area contributed by atoms with E-state index in [4.69, 9.17) is 0 Å². The molecule has 1 fully saturated rings. The molecule has 0 aliphatic heterocycles. The molecule has 1 heterocycles. The average Bonchev–Trinajstić information content (AvgIpc) is 3.05. The molecule has 1 saturated carbocycles. The van der Waals surface area contributed by atoms with E-state index < -0.39 is 0 Å². The van der Waals surface area contributed by atoms with Gasteiger partial charge < -0.3 is 10.2 Å². The Bertz CT molecular complexity index is 689. The van der Waals surface area contributed by atoms with Crippen LogP contribution in [0, 0.1) is 6.92 Å². The maximum Gasteiger partial charge on any atom is 0.270 e. The molecule has 2 aromatic rings. The van der Waals surface area contributed by atoms with E-state index >= 15 is 0 Å². The summed E-state index contributed by atoms with van der Waals surface area (Å²) in [5.74, 6) is -0.0681. The second-order valence-corrected chi connectivity index (χ2v) is 6.95. The molecule has 0 spiro atoms. The van der Waals surface area contributed by atoms with Gasteiger partial charge in [0.15, 0.2) is 0 Å². The van der Waals surface area contributed by atoms with Crippen LogP contribution in [-0.2, 0) is 0 Å². The van der Waals surface area contributed by atoms with Gasteiger partial charge in [-0.2, -0.15) is 5.10 Å². The summed E-state index contributed by atoms with van der Waals surface area (Å²) in [5.41, 5.74) is 2.33. The van der Waals surface area contributed by atoms with Crippen LogP contribution in [0.1, 0.15) is 48.3 Å². The molecule has 0 radical (unpaired) electrons. The SMILES string of the molecule is Cc1cc(C(=O)NCCN(C)C2CCCCC2)n(-c2ccccc2)n1. The maximum atomic E-state index is 12.6. The average molecular weight is 340 g/mol. The Kier molecular flexibility index (Phi) is 5.87. The van der Waals surface area contributed by atoms with Crippen LogP contribution in [0.3, 0.4) is 0 Å². The number of hydrogen-bond donors (Lipinski definition) is 1. The summed E-state index contributed by atoms with van der Waals surface area (Å²) in [4.78, 5) is 15.0. The number of amides is 1. The number of carbonyl (C=O) groups excluding carboxylic acids is 1. The van der Waals surface area contributed by atoms with E-state index in [1.54, 1.807) is 4.68 Å². The Hall–Kier alpha value is -2.14. The molecule has 1 aliphatic carbocycles. The topological polar surface area (TPSA) is 50.2 Å². The summed E-state index contributed by atoms with van der Waals surface area (Å²) in [6.45, 7) is 3.45. The molecule has 134 valence electrons. The number of rotatable bonds is 6. The highest BCUT2D eigenvalue weighted by Crippen LogP contribution is 2.21. The second-order valence-electron chi connectivity index (χ2n) is 6.95. The standard InChI is InChI=1S/C20H28N4O/c1-16-15-19(24(22-16)18-11-7-4-8-12-18)20(25)21-13-14-23(2)17-9-5-3-6-10-17/h4,7-8,11-12,15,17H,3,5-6,9-10,13-14H2,1-2H3,(H,21,25). The Morgan fingerprint density at radius 3 is 2.68 bits per heavy atom. The first-order chi connectivity index (χ1) is 12.1. The van der Waals surface area contributed by atoms with Gasteiger partial charge in [0, 0.05) is 19.1 Å². The van der Waals surface area contributed by atoms with Gasteiger partial charge in [-0.05, 0) is 45.0 Å². The molecule has 0 atom stereocenters. The van der Waals surface area contributed by atoms with E-state index in [9.17, 15) is 4.79 Å². The second kappa shape index (κ2) is 8.30. The van der Waals surface area contributed by atoms with Crippen LogP contribution >= 0.6 is 0 Å². The zero-order chi connectivity index (χ0) is 17.6. The van der Waals surface area contributed by atoms with Gasteiger partial charge in [-0.15, -0.1) is 0 Å². The lowest BCUT2D eigenvalue weighted by molar-refractivity contribution is 0.0936. The lowest BCUT2D eigenvalue weighted by Gasteiger charge is -2.31. The summed E-state index contributed by atoms with van der Waals surface area (Å²) in [5, 5.41) is 7.52. The number of benzene rings is 1. The minimum atomic E-state index is -0.0681. The molecule has 0 bridgehead atoms. The van der Waals surface area contributed by atoms with Crippen LogP contribution in [0.5, 0.6) is 0 Å². The number of para-hydroxylation sites is 1. The highest BCUT2D eigenvalue weighted by atomic mass is 16.2.